The van der Waals surface area contributed by atoms with E-state index in [1.54, 1.807) is 36.1 Å². The predicted octanol–water partition coefficient (Wildman–Crippen LogP) is 3.65. The number of fused-ring (bicyclic) bond motifs is 2. The normalized spacial score (nSPS) is 25.2. The summed E-state index contributed by atoms with van der Waals surface area (Å²) in [4.78, 5) is 44.1. The maximum atomic E-state index is 14.4. The third kappa shape index (κ3) is 3.31. The Hall–Kier alpha value is -3.52. The molecule has 0 radical (unpaired) electrons. The van der Waals surface area contributed by atoms with Crippen LogP contribution in [0.5, 0.6) is 0 Å². The van der Waals surface area contributed by atoms with E-state index < -0.39 is 34.7 Å². The number of benzene rings is 2. The lowest BCUT2D eigenvalue weighted by Crippen LogP contribution is -2.53. The van der Waals surface area contributed by atoms with Gasteiger partial charge in [-0.05, 0) is 43.9 Å². The van der Waals surface area contributed by atoms with Gasteiger partial charge in [0.2, 0.25) is 0 Å². The van der Waals surface area contributed by atoms with Crippen LogP contribution in [-0.2, 0) is 24.7 Å². The molecule has 3 aliphatic heterocycles. The molecule has 0 saturated carbocycles. The van der Waals surface area contributed by atoms with Gasteiger partial charge in [0.05, 0.1) is 17.4 Å². The molecule has 1 spiro atoms. The highest BCUT2D eigenvalue weighted by Crippen LogP contribution is 2.53. The fraction of sp³-hybridized carbons (Fsp3) is 0.370. The zero-order chi connectivity index (χ0) is 24.9. The van der Waals surface area contributed by atoms with Crippen LogP contribution in [0.25, 0.3) is 5.76 Å². The Morgan fingerprint density at radius 2 is 1.97 bits per heavy atom. The van der Waals surface area contributed by atoms with Crippen LogP contribution < -0.4 is 4.90 Å². The standard InChI is InChI=1S/C27H27FN2O5/c1-3-12-29-21-9-5-4-8-19(21)27(26(29)34)22(23(31)17-11-10-16(2)20(28)14-17)24(32)25(33)30(27)15-18-7-6-13-35-18/h4-5,8-11,14,18,31H,3,6-7,12-13,15H2,1-2H3/t18-,27+/m0/s1. The van der Waals surface area contributed by atoms with Gasteiger partial charge >= 0.3 is 0 Å². The molecule has 182 valence electrons. The minimum atomic E-state index is -1.85. The van der Waals surface area contributed by atoms with Crippen LogP contribution in [0, 0.1) is 12.7 Å². The van der Waals surface area contributed by atoms with E-state index >= 15 is 0 Å². The second kappa shape index (κ2) is 8.61. The predicted molar refractivity (Wildman–Crippen MR) is 127 cm³/mol. The van der Waals surface area contributed by atoms with Gasteiger partial charge in [0.15, 0.2) is 5.54 Å². The molecule has 8 heteroatoms. The monoisotopic (exact) mass is 478 g/mol. The maximum absolute atomic E-state index is 14.4. The topological polar surface area (TPSA) is 87.2 Å². The van der Waals surface area contributed by atoms with Crippen molar-refractivity contribution in [2.75, 3.05) is 24.6 Å². The van der Waals surface area contributed by atoms with Crippen LogP contribution in [0.1, 0.15) is 42.9 Å². The molecule has 7 nitrogen and oxygen atoms in total. The molecule has 2 aromatic rings. The van der Waals surface area contributed by atoms with Crippen LogP contribution in [0.15, 0.2) is 48.0 Å². The number of aryl methyl sites for hydroxylation is 1. The van der Waals surface area contributed by atoms with Crippen molar-refractivity contribution < 1.29 is 28.6 Å². The van der Waals surface area contributed by atoms with Crippen LogP contribution in [-0.4, -0.2) is 53.4 Å². The van der Waals surface area contributed by atoms with Gasteiger partial charge in [-0.25, -0.2) is 4.39 Å². The van der Waals surface area contributed by atoms with Crippen molar-refractivity contribution in [2.24, 2.45) is 0 Å². The minimum absolute atomic E-state index is 0.0295. The van der Waals surface area contributed by atoms with Crippen molar-refractivity contribution in [3.8, 4) is 0 Å². The average Bonchev–Trinajstić information content (AvgIpc) is 3.51. The van der Waals surface area contributed by atoms with Crippen molar-refractivity contribution in [3.05, 3.63) is 70.5 Å². The number of halogens is 1. The third-order valence-electron chi connectivity index (χ3n) is 7.11. The first-order chi connectivity index (χ1) is 16.8. The molecule has 2 atom stereocenters. The van der Waals surface area contributed by atoms with E-state index in [9.17, 15) is 23.9 Å². The summed E-state index contributed by atoms with van der Waals surface area (Å²) in [6, 6.07) is 11.1. The number of likely N-dealkylation sites (tertiary alicyclic amines) is 1. The number of ketones is 1. The van der Waals surface area contributed by atoms with Gasteiger partial charge in [-0.1, -0.05) is 37.3 Å². The number of hydrogen-bond acceptors (Lipinski definition) is 5. The Bertz CT molecular complexity index is 1270. The average molecular weight is 479 g/mol. The first kappa shape index (κ1) is 23.2. The lowest BCUT2D eigenvalue weighted by Gasteiger charge is -2.35. The van der Waals surface area contributed by atoms with Gasteiger partial charge in [-0.2, -0.15) is 0 Å². The number of rotatable bonds is 5. The molecule has 2 saturated heterocycles. The highest BCUT2D eigenvalue weighted by Gasteiger charge is 2.67. The molecule has 0 aliphatic carbocycles. The Labute approximate surface area is 202 Å². The number of Topliss-reactive ketones (excluding diaryl/α,β-unsaturated/α-hetero) is 1. The Balaban J connectivity index is 1.80. The molecule has 0 unspecified atom stereocenters. The van der Waals surface area contributed by atoms with Crippen LogP contribution in [0.3, 0.4) is 0 Å². The highest BCUT2D eigenvalue weighted by atomic mass is 19.1. The van der Waals surface area contributed by atoms with E-state index in [0.29, 0.717) is 42.8 Å². The SMILES string of the molecule is CCCN1C(=O)[C@]2(C(=C(O)c3ccc(C)c(F)c3)C(=O)C(=O)N2C[C@@H]2CCCO2)c2ccccc21. The number of aliphatic hydroxyl groups is 1. The lowest BCUT2D eigenvalue weighted by molar-refractivity contribution is -0.145. The molecule has 35 heavy (non-hydrogen) atoms. The molecule has 2 amide bonds. The summed E-state index contributed by atoms with van der Waals surface area (Å²) in [7, 11) is 0. The Morgan fingerprint density at radius 1 is 1.20 bits per heavy atom. The van der Waals surface area contributed by atoms with Crippen molar-refractivity contribution >= 4 is 29.0 Å². The van der Waals surface area contributed by atoms with Crippen molar-refractivity contribution in [1.29, 1.82) is 0 Å². The van der Waals surface area contributed by atoms with Gasteiger partial charge < -0.3 is 19.6 Å². The second-order valence-corrected chi connectivity index (χ2v) is 9.25. The number of carbonyl (C=O) groups excluding carboxylic acids is 3. The van der Waals surface area contributed by atoms with E-state index in [0.717, 1.165) is 12.5 Å². The van der Waals surface area contributed by atoms with Crippen molar-refractivity contribution in [1.82, 2.24) is 4.90 Å². The summed E-state index contributed by atoms with van der Waals surface area (Å²) in [5.41, 5.74) is -0.755. The van der Waals surface area contributed by atoms with Gasteiger partial charge in [0.1, 0.15) is 11.6 Å². The number of nitrogens with zero attached hydrogens (tertiary/aromatic N) is 2. The number of aliphatic hydroxyl groups excluding tert-OH is 1. The van der Waals surface area contributed by atoms with Crippen LogP contribution in [0.2, 0.25) is 0 Å². The van der Waals surface area contributed by atoms with Crippen LogP contribution in [0.4, 0.5) is 10.1 Å². The number of ether oxygens (including phenoxy) is 1. The van der Waals surface area contributed by atoms with Crippen molar-refractivity contribution in [3.63, 3.8) is 0 Å². The summed E-state index contributed by atoms with van der Waals surface area (Å²) in [6.07, 6.45) is 1.83. The number of para-hydroxylation sites is 1. The largest absolute Gasteiger partial charge is 0.507 e. The Morgan fingerprint density at radius 3 is 2.66 bits per heavy atom. The number of amides is 2. The smallest absolute Gasteiger partial charge is 0.296 e. The summed E-state index contributed by atoms with van der Waals surface area (Å²) in [6.45, 7) is 4.46. The summed E-state index contributed by atoms with van der Waals surface area (Å²) in [5.74, 6) is -3.47. The van der Waals surface area contributed by atoms with Gasteiger partial charge in [-0.15, -0.1) is 0 Å². The number of hydrogen-bond donors (Lipinski definition) is 1. The minimum Gasteiger partial charge on any atom is -0.507 e. The van der Waals surface area contributed by atoms with Crippen molar-refractivity contribution in [2.45, 2.75) is 44.8 Å². The van der Waals surface area contributed by atoms with E-state index in [1.807, 2.05) is 6.92 Å². The molecule has 3 heterocycles. The zero-order valence-corrected chi connectivity index (χ0v) is 19.7. The van der Waals surface area contributed by atoms with E-state index in [4.69, 9.17) is 4.74 Å². The maximum Gasteiger partial charge on any atom is 0.296 e. The molecular weight excluding hydrogens is 451 g/mol. The molecule has 3 aliphatic rings. The number of carbonyl (C=O) groups is 3. The molecule has 0 aromatic heterocycles. The van der Waals surface area contributed by atoms with E-state index in [1.165, 1.54) is 17.0 Å². The van der Waals surface area contributed by atoms with E-state index in [-0.39, 0.29) is 23.8 Å². The summed E-state index contributed by atoms with van der Waals surface area (Å²) >= 11 is 0. The molecule has 1 N–H and O–H groups in total. The molecule has 0 bridgehead atoms. The zero-order valence-electron chi connectivity index (χ0n) is 19.7. The Kier molecular flexibility index (Phi) is 5.71. The molecular formula is C27H27FN2O5. The number of anilines is 1. The third-order valence-corrected chi connectivity index (χ3v) is 7.11. The fourth-order valence-electron chi connectivity index (χ4n) is 5.44. The first-order valence-electron chi connectivity index (χ1n) is 11.9. The molecule has 2 fully saturated rings. The van der Waals surface area contributed by atoms with Gasteiger partial charge in [0.25, 0.3) is 17.6 Å². The second-order valence-electron chi connectivity index (χ2n) is 9.25. The fourth-order valence-corrected chi connectivity index (χ4v) is 5.44. The quantitative estimate of drug-likeness (QED) is 0.403. The molecule has 5 rings (SSSR count). The van der Waals surface area contributed by atoms with Gasteiger partial charge in [-0.3, -0.25) is 14.4 Å². The van der Waals surface area contributed by atoms with Gasteiger partial charge in [0, 0.05) is 30.8 Å². The highest BCUT2D eigenvalue weighted by molar-refractivity contribution is 6.50. The summed E-state index contributed by atoms with van der Waals surface area (Å²) < 4.78 is 20.2. The van der Waals surface area contributed by atoms with E-state index in [2.05, 4.69) is 0 Å². The summed E-state index contributed by atoms with van der Waals surface area (Å²) in [5, 5.41) is 11.4. The van der Waals surface area contributed by atoms with Crippen LogP contribution >= 0.6 is 0 Å². The lowest BCUT2D eigenvalue weighted by atomic mass is 9.81. The molecule has 2 aromatic carbocycles. The first-order valence-corrected chi connectivity index (χ1v) is 11.9.